The number of para-hydroxylation sites is 4. The molecule has 12 aromatic rings. The zero-order chi connectivity index (χ0) is 41.0. The maximum Gasteiger partial charge on any atom is 0.137 e. The molecular weight excluding hydrogens is 757 g/mol. The number of nitrogens with zero attached hydrogens (tertiary/aromatic N) is 2. The van der Waals surface area contributed by atoms with Crippen LogP contribution in [0.1, 0.15) is 0 Å². The number of rotatable bonds is 8. The Kier molecular flexibility index (Phi) is 8.46. The summed E-state index contributed by atoms with van der Waals surface area (Å²) in [5.41, 5.74) is 14.2. The van der Waals surface area contributed by atoms with Gasteiger partial charge in [-0.25, -0.2) is 0 Å². The summed E-state index contributed by atoms with van der Waals surface area (Å²) >= 11 is 0. The second-order valence-corrected chi connectivity index (χ2v) is 15.6. The molecule has 0 atom stereocenters. The number of fused-ring (bicyclic) bond motifs is 7. The average Bonchev–Trinajstić information content (AvgIpc) is 3.92. The highest BCUT2D eigenvalue weighted by Crippen LogP contribution is 2.51. The largest absolute Gasteiger partial charge is 0.456 e. The molecule has 10 aromatic carbocycles. The van der Waals surface area contributed by atoms with Crippen LogP contribution >= 0.6 is 0 Å². The molecule has 292 valence electrons. The Morgan fingerprint density at radius 1 is 0.290 bits per heavy atom. The minimum atomic E-state index is 0.846. The first-order valence-corrected chi connectivity index (χ1v) is 21.0. The van der Waals surface area contributed by atoms with Gasteiger partial charge < -0.3 is 18.6 Å². The van der Waals surface area contributed by atoms with E-state index in [2.05, 4.69) is 228 Å². The van der Waals surface area contributed by atoms with Crippen molar-refractivity contribution < 1.29 is 8.83 Å². The van der Waals surface area contributed by atoms with Crippen LogP contribution in [-0.2, 0) is 0 Å². The molecule has 0 amide bonds. The molecular formula is C58H38N2O2. The molecule has 0 bridgehead atoms. The number of anilines is 6. The summed E-state index contributed by atoms with van der Waals surface area (Å²) in [6.45, 7) is 0. The van der Waals surface area contributed by atoms with Gasteiger partial charge in [-0.15, -0.1) is 0 Å². The molecule has 0 fully saturated rings. The molecule has 2 aromatic heterocycles. The summed E-state index contributed by atoms with van der Waals surface area (Å²) in [5.74, 6) is 0. The van der Waals surface area contributed by atoms with Crippen molar-refractivity contribution in [2.75, 3.05) is 9.80 Å². The normalized spacial score (nSPS) is 11.5. The molecule has 0 radical (unpaired) electrons. The molecule has 0 saturated carbocycles. The van der Waals surface area contributed by atoms with Crippen LogP contribution in [0.15, 0.2) is 239 Å². The molecule has 0 saturated heterocycles. The monoisotopic (exact) mass is 794 g/mol. The second kappa shape index (κ2) is 14.7. The molecule has 0 unspecified atom stereocenters. The van der Waals surface area contributed by atoms with E-state index in [1.165, 1.54) is 0 Å². The highest BCUT2D eigenvalue weighted by Gasteiger charge is 2.27. The molecule has 12 rings (SSSR count). The molecule has 0 aliphatic carbocycles. The highest BCUT2D eigenvalue weighted by molar-refractivity contribution is 6.17. The van der Waals surface area contributed by atoms with Crippen molar-refractivity contribution in [2.24, 2.45) is 0 Å². The lowest BCUT2D eigenvalue weighted by atomic mass is 9.91. The van der Waals surface area contributed by atoms with Crippen molar-refractivity contribution in [3.05, 3.63) is 231 Å². The van der Waals surface area contributed by atoms with Crippen LogP contribution < -0.4 is 9.80 Å². The first-order valence-electron chi connectivity index (χ1n) is 21.0. The van der Waals surface area contributed by atoms with Crippen LogP contribution in [0.25, 0.3) is 76.9 Å². The second-order valence-electron chi connectivity index (χ2n) is 15.6. The highest BCUT2D eigenvalue weighted by atomic mass is 16.3. The predicted octanol–water partition coefficient (Wildman–Crippen LogP) is 16.9. The molecule has 0 aliphatic heterocycles. The first kappa shape index (κ1) is 35.6. The van der Waals surface area contributed by atoms with E-state index in [0.29, 0.717) is 0 Å². The summed E-state index contributed by atoms with van der Waals surface area (Å²) in [6.07, 6.45) is 0. The fraction of sp³-hybridized carbons (Fsp3) is 0. The predicted molar refractivity (Wildman–Crippen MR) is 259 cm³/mol. The Morgan fingerprint density at radius 2 is 0.742 bits per heavy atom. The third-order valence-corrected chi connectivity index (χ3v) is 12.0. The fourth-order valence-corrected chi connectivity index (χ4v) is 9.33. The third kappa shape index (κ3) is 5.84. The summed E-state index contributed by atoms with van der Waals surface area (Å²) in [4.78, 5) is 4.82. The quantitative estimate of drug-likeness (QED) is 0.153. The van der Waals surface area contributed by atoms with Gasteiger partial charge in [0.25, 0.3) is 0 Å². The van der Waals surface area contributed by atoms with Gasteiger partial charge in [-0.3, -0.25) is 0 Å². The van der Waals surface area contributed by atoms with E-state index in [1.54, 1.807) is 0 Å². The van der Waals surface area contributed by atoms with E-state index in [4.69, 9.17) is 8.83 Å². The topological polar surface area (TPSA) is 32.8 Å². The van der Waals surface area contributed by atoms with E-state index in [-0.39, 0.29) is 0 Å². The van der Waals surface area contributed by atoms with Gasteiger partial charge in [-0.2, -0.15) is 0 Å². The number of hydrogen-bond donors (Lipinski definition) is 0. The Bertz CT molecular complexity index is 3580. The van der Waals surface area contributed by atoms with Crippen LogP contribution in [0, 0.1) is 0 Å². The summed E-state index contributed by atoms with van der Waals surface area (Å²) in [6, 6.07) is 81.8. The zero-order valence-corrected chi connectivity index (χ0v) is 33.7. The van der Waals surface area contributed by atoms with Crippen molar-refractivity contribution in [2.45, 2.75) is 0 Å². The maximum absolute atomic E-state index is 6.52. The smallest absolute Gasteiger partial charge is 0.137 e. The average molecular weight is 795 g/mol. The van der Waals surface area contributed by atoms with Crippen LogP contribution in [0.2, 0.25) is 0 Å². The van der Waals surface area contributed by atoms with Gasteiger partial charge in [-0.05, 0) is 101 Å². The van der Waals surface area contributed by atoms with Gasteiger partial charge in [0.15, 0.2) is 0 Å². The fourth-order valence-electron chi connectivity index (χ4n) is 9.33. The summed E-state index contributed by atoms with van der Waals surface area (Å²) in [5, 5.41) is 6.55. The van der Waals surface area contributed by atoms with E-state index in [9.17, 15) is 0 Å². The van der Waals surface area contributed by atoms with Crippen LogP contribution in [0.4, 0.5) is 34.1 Å². The molecule has 62 heavy (non-hydrogen) atoms. The third-order valence-electron chi connectivity index (χ3n) is 12.0. The maximum atomic E-state index is 6.52. The lowest BCUT2D eigenvalue weighted by Crippen LogP contribution is -2.13. The van der Waals surface area contributed by atoms with Crippen molar-refractivity contribution in [3.8, 4) is 22.3 Å². The zero-order valence-electron chi connectivity index (χ0n) is 33.7. The molecule has 4 heteroatoms. The Balaban J connectivity index is 1.21. The van der Waals surface area contributed by atoms with E-state index in [0.717, 1.165) is 111 Å². The van der Waals surface area contributed by atoms with Crippen LogP contribution in [-0.4, -0.2) is 0 Å². The number of furan rings is 2. The summed E-state index contributed by atoms with van der Waals surface area (Å²) in [7, 11) is 0. The molecule has 0 aliphatic rings. The van der Waals surface area contributed by atoms with Gasteiger partial charge >= 0.3 is 0 Å². The van der Waals surface area contributed by atoms with Crippen molar-refractivity contribution >= 4 is 88.8 Å². The molecule has 0 spiro atoms. The van der Waals surface area contributed by atoms with Gasteiger partial charge in [0, 0.05) is 33.3 Å². The van der Waals surface area contributed by atoms with Crippen molar-refractivity contribution in [1.29, 1.82) is 0 Å². The Morgan fingerprint density at radius 3 is 1.29 bits per heavy atom. The van der Waals surface area contributed by atoms with Crippen molar-refractivity contribution in [3.63, 3.8) is 0 Å². The minimum Gasteiger partial charge on any atom is -0.456 e. The SMILES string of the molecule is c1ccc(-c2cc3ccc(N(c4ccccc4)c4cccc5oc6ccccc6c45)c(-c4ccccc4)c3cc2N(c2ccccc2)c2cccc3oc4ccccc4c23)cc1. The first-order chi connectivity index (χ1) is 30.8. The van der Waals surface area contributed by atoms with Crippen LogP contribution in [0.3, 0.4) is 0 Å². The standard InChI is InChI=1S/C58H38N2O2/c1-5-19-39(20-6-1)46-37-41-35-36-50(59(42-23-9-3-10-24-42)48-29-17-33-54-57(48)44-27-13-15-31-52(44)61-54)56(40-21-7-2-8-22-40)47(41)38-51(46)60(43-25-11-4-12-26-43)49-30-18-34-55-58(49)45-28-14-16-32-53(45)62-55/h1-38H. The van der Waals surface area contributed by atoms with Crippen molar-refractivity contribution in [1.82, 2.24) is 0 Å². The lowest BCUT2D eigenvalue weighted by molar-refractivity contribution is 0.668. The van der Waals surface area contributed by atoms with Gasteiger partial charge in [0.2, 0.25) is 0 Å². The minimum absolute atomic E-state index is 0.846. The summed E-state index contributed by atoms with van der Waals surface area (Å²) < 4.78 is 13.0. The number of hydrogen-bond acceptors (Lipinski definition) is 4. The van der Waals surface area contributed by atoms with E-state index >= 15 is 0 Å². The van der Waals surface area contributed by atoms with Gasteiger partial charge in [-0.1, -0.05) is 152 Å². The van der Waals surface area contributed by atoms with E-state index in [1.807, 2.05) is 12.1 Å². The van der Waals surface area contributed by atoms with Crippen LogP contribution in [0.5, 0.6) is 0 Å². The number of benzene rings is 10. The van der Waals surface area contributed by atoms with Gasteiger partial charge in [0.05, 0.1) is 33.5 Å². The molecule has 2 heterocycles. The molecule has 0 N–H and O–H groups in total. The lowest BCUT2D eigenvalue weighted by Gasteiger charge is -2.31. The Labute approximate surface area is 358 Å². The van der Waals surface area contributed by atoms with E-state index < -0.39 is 0 Å². The van der Waals surface area contributed by atoms with Gasteiger partial charge in [0.1, 0.15) is 22.3 Å². The Hall–Kier alpha value is -8.34. The molecule has 4 nitrogen and oxygen atoms in total.